The van der Waals surface area contributed by atoms with Gasteiger partial charge in [0.15, 0.2) is 0 Å². The lowest BCUT2D eigenvalue weighted by atomic mass is 9.84. The minimum Gasteiger partial charge on any atom is -0.375 e. The van der Waals surface area contributed by atoms with Gasteiger partial charge in [0, 0.05) is 16.3 Å². The molecule has 1 aliphatic heterocycles. The summed E-state index contributed by atoms with van der Waals surface area (Å²) < 4.78 is 5.86. The van der Waals surface area contributed by atoms with Gasteiger partial charge in [0.05, 0.1) is 12.2 Å². The SMILES string of the molecule is CC1OC(C)C(C(Cl)Cc2ccccc2Cl)C1C. The van der Waals surface area contributed by atoms with Crippen molar-refractivity contribution in [1.82, 2.24) is 0 Å². The second kappa shape index (κ2) is 5.81. The minimum absolute atomic E-state index is 0.0693. The summed E-state index contributed by atoms with van der Waals surface area (Å²) >= 11 is 12.8. The third-order valence-corrected chi connectivity index (χ3v) is 4.92. The van der Waals surface area contributed by atoms with Crippen LogP contribution >= 0.6 is 23.2 Å². The molecule has 0 amide bonds. The number of hydrogen-bond donors (Lipinski definition) is 0. The molecule has 0 aliphatic carbocycles. The molecule has 18 heavy (non-hydrogen) atoms. The van der Waals surface area contributed by atoms with Gasteiger partial charge >= 0.3 is 0 Å². The second-order valence-corrected chi connectivity index (χ2v) is 6.26. The van der Waals surface area contributed by atoms with Gasteiger partial charge < -0.3 is 4.74 Å². The van der Waals surface area contributed by atoms with Crippen LogP contribution in [0.5, 0.6) is 0 Å². The van der Waals surface area contributed by atoms with Crippen LogP contribution in [0.25, 0.3) is 0 Å². The van der Waals surface area contributed by atoms with Crippen LogP contribution < -0.4 is 0 Å². The van der Waals surface area contributed by atoms with Crippen molar-refractivity contribution in [2.24, 2.45) is 11.8 Å². The van der Waals surface area contributed by atoms with Gasteiger partial charge in [-0.3, -0.25) is 0 Å². The molecule has 3 heteroatoms. The minimum atomic E-state index is 0.0693. The molecular formula is C15H20Cl2O. The van der Waals surface area contributed by atoms with Crippen LogP contribution in [0.2, 0.25) is 5.02 Å². The maximum atomic E-state index is 6.61. The lowest BCUT2D eigenvalue weighted by Gasteiger charge is -2.24. The predicted molar refractivity (Wildman–Crippen MR) is 77.5 cm³/mol. The number of ether oxygens (including phenoxy) is 1. The molecule has 5 unspecified atom stereocenters. The maximum absolute atomic E-state index is 6.61. The molecule has 1 saturated heterocycles. The fraction of sp³-hybridized carbons (Fsp3) is 0.600. The van der Waals surface area contributed by atoms with Gasteiger partial charge in [-0.05, 0) is 37.8 Å². The predicted octanol–water partition coefficient (Wildman–Crippen LogP) is 4.55. The van der Waals surface area contributed by atoms with E-state index in [0.29, 0.717) is 11.8 Å². The molecule has 2 rings (SSSR count). The van der Waals surface area contributed by atoms with Crippen molar-refractivity contribution in [3.05, 3.63) is 34.9 Å². The summed E-state index contributed by atoms with van der Waals surface area (Å²) in [6.45, 7) is 6.47. The van der Waals surface area contributed by atoms with Gasteiger partial charge in [0.2, 0.25) is 0 Å². The monoisotopic (exact) mass is 286 g/mol. The Labute approximate surface area is 119 Å². The van der Waals surface area contributed by atoms with E-state index in [0.717, 1.165) is 17.0 Å². The Morgan fingerprint density at radius 1 is 1.17 bits per heavy atom. The van der Waals surface area contributed by atoms with Crippen molar-refractivity contribution >= 4 is 23.2 Å². The zero-order chi connectivity index (χ0) is 13.3. The summed E-state index contributed by atoms with van der Waals surface area (Å²) in [7, 11) is 0. The van der Waals surface area contributed by atoms with Gasteiger partial charge in [-0.25, -0.2) is 0 Å². The number of benzene rings is 1. The summed E-state index contributed by atoms with van der Waals surface area (Å²) in [5.74, 6) is 0.878. The van der Waals surface area contributed by atoms with Crippen molar-refractivity contribution in [2.75, 3.05) is 0 Å². The van der Waals surface area contributed by atoms with E-state index in [1.54, 1.807) is 0 Å². The fourth-order valence-corrected chi connectivity index (χ4v) is 3.74. The second-order valence-electron chi connectivity index (χ2n) is 5.29. The van der Waals surface area contributed by atoms with Crippen molar-refractivity contribution in [3.8, 4) is 0 Å². The zero-order valence-electron chi connectivity index (χ0n) is 11.1. The lowest BCUT2D eigenvalue weighted by Crippen LogP contribution is -2.28. The molecule has 1 aliphatic rings. The van der Waals surface area contributed by atoms with Crippen LogP contribution in [0.1, 0.15) is 26.3 Å². The Morgan fingerprint density at radius 2 is 1.83 bits per heavy atom. The molecule has 1 nitrogen and oxygen atoms in total. The molecule has 0 saturated carbocycles. The summed E-state index contributed by atoms with van der Waals surface area (Å²) in [6.07, 6.45) is 1.31. The Balaban J connectivity index is 2.08. The number of rotatable bonds is 3. The van der Waals surface area contributed by atoms with E-state index in [9.17, 15) is 0 Å². The summed E-state index contributed by atoms with van der Waals surface area (Å²) in [5, 5.41) is 0.871. The van der Waals surface area contributed by atoms with Gasteiger partial charge in [0.25, 0.3) is 0 Å². The first-order valence-electron chi connectivity index (χ1n) is 6.53. The van der Waals surface area contributed by atoms with Crippen LogP contribution in [-0.2, 0) is 11.2 Å². The first-order valence-corrected chi connectivity index (χ1v) is 7.35. The van der Waals surface area contributed by atoms with E-state index < -0.39 is 0 Å². The van der Waals surface area contributed by atoms with Crippen LogP contribution in [-0.4, -0.2) is 17.6 Å². The molecule has 1 aromatic rings. The average molecular weight is 287 g/mol. The van der Waals surface area contributed by atoms with Crippen LogP contribution in [0.3, 0.4) is 0 Å². The molecule has 1 fully saturated rings. The Bertz CT molecular complexity index is 407. The highest BCUT2D eigenvalue weighted by atomic mass is 35.5. The highest BCUT2D eigenvalue weighted by Crippen LogP contribution is 2.38. The highest BCUT2D eigenvalue weighted by molar-refractivity contribution is 6.31. The van der Waals surface area contributed by atoms with Crippen molar-refractivity contribution in [3.63, 3.8) is 0 Å². The normalized spacial score (nSPS) is 33.6. The highest BCUT2D eigenvalue weighted by Gasteiger charge is 2.40. The lowest BCUT2D eigenvalue weighted by molar-refractivity contribution is 0.0508. The number of halogens is 2. The third-order valence-electron chi connectivity index (χ3n) is 4.11. The Hall–Kier alpha value is -0.240. The molecule has 1 heterocycles. The van der Waals surface area contributed by atoms with Crippen LogP contribution in [0.4, 0.5) is 0 Å². The quantitative estimate of drug-likeness (QED) is 0.741. The van der Waals surface area contributed by atoms with Gasteiger partial charge in [-0.1, -0.05) is 36.7 Å². The number of alkyl halides is 1. The molecule has 0 aromatic heterocycles. The van der Waals surface area contributed by atoms with Gasteiger partial charge in [0.1, 0.15) is 0 Å². The van der Waals surface area contributed by atoms with E-state index in [2.05, 4.69) is 20.8 Å². The maximum Gasteiger partial charge on any atom is 0.0596 e. The number of hydrogen-bond acceptors (Lipinski definition) is 1. The molecule has 5 atom stereocenters. The molecule has 0 spiro atoms. The van der Waals surface area contributed by atoms with E-state index in [1.165, 1.54) is 0 Å². The van der Waals surface area contributed by atoms with E-state index in [4.69, 9.17) is 27.9 Å². The average Bonchev–Trinajstić information content (AvgIpc) is 2.56. The van der Waals surface area contributed by atoms with Gasteiger partial charge in [-0.2, -0.15) is 0 Å². The first kappa shape index (κ1) is 14.2. The zero-order valence-corrected chi connectivity index (χ0v) is 12.6. The summed E-state index contributed by atoms with van der Waals surface area (Å²) in [6, 6.07) is 7.92. The molecule has 0 N–H and O–H groups in total. The van der Waals surface area contributed by atoms with Crippen molar-refractivity contribution < 1.29 is 4.74 Å². The van der Waals surface area contributed by atoms with Crippen LogP contribution in [0, 0.1) is 11.8 Å². The topological polar surface area (TPSA) is 9.23 Å². The van der Waals surface area contributed by atoms with Crippen LogP contribution in [0.15, 0.2) is 24.3 Å². The molecule has 0 bridgehead atoms. The van der Waals surface area contributed by atoms with Crippen molar-refractivity contribution in [2.45, 2.75) is 44.8 Å². The summed E-state index contributed by atoms with van der Waals surface area (Å²) in [5.41, 5.74) is 1.12. The molecular weight excluding hydrogens is 267 g/mol. The Morgan fingerprint density at radius 3 is 2.39 bits per heavy atom. The smallest absolute Gasteiger partial charge is 0.0596 e. The Kier molecular flexibility index (Phi) is 4.58. The van der Waals surface area contributed by atoms with Crippen molar-refractivity contribution in [1.29, 1.82) is 0 Å². The molecule has 1 aromatic carbocycles. The van der Waals surface area contributed by atoms with Gasteiger partial charge in [-0.15, -0.1) is 11.6 Å². The molecule has 0 radical (unpaired) electrons. The fourth-order valence-electron chi connectivity index (χ4n) is 2.93. The third kappa shape index (κ3) is 2.84. The summed E-state index contributed by atoms with van der Waals surface area (Å²) in [4.78, 5) is 0. The molecule has 100 valence electrons. The van der Waals surface area contributed by atoms with E-state index in [-0.39, 0.29) is 17.6 Å². The standard InChI is InChI=1S/C15H20Cl2O/c1-9-10(2)18-11(3)15(9)14(17)8-12-6-4-5-7-13(12)16/h4-7,9-11,14-15H,8H2,1-3H3. The first-order chi connectivity index (χ1) is 8.50. The van der Waals surface area contributed by atoms with E-state index >= 15 is 0 Å². The largest absolute Gasteiger partial charge is 0.375 e. The van der Waals surface area contributed by atoms with E-state index in [1.807, 2.05) is 24.3 Å².